The molecule has 1 amide bonds. The summed E-state index contributed by atoms with van der Waals surface area (Å²) < 4.78 is 5.59. The van der Waals surface area contributed by atoms with E-state index >= 15 is 0 Å². The predicted molar refractivity (Wildman–Crippen MR) is 110 cm³/mol. The second-order valence-corrected chi connectivity index (χ2v) is 8.45. The Hall–Kier alpha value is -1.16. The van der Waals surface area contributed by atoms with E-state index in [1.807, 2.05) is 6.26 Å². The lowest BCUT2D eigenvalue weighted by Gasteiger charge is -2.26. The van der Waals surface area contributed by atoms with E-state index in [4.69, 9.17) is 10.5 Å². The van der Waals surface area contributed by atoms with Gasteiger partial charge in [-0.1, -0.05) is 13.3 Å². The van der Waals surface area contributed by atoms with Crippen LogP contribution in [0.4, 0.5) is 0 Å². The third-order valence-electron chi connectivity index (χ3n) is 5.59. The van der Waals surface area contributed by atoms with Crippen LogP contribution >= 0.6 is 11.8 Å². The third-order valence-corrected chi connectivity index (χ3v) is 6.24. The van der Waals surface area contributed by atoms with Crippen molar-refractivity contribution in [2.24, 2.45) is 11.7 Å². The smallest absolute Gasteiger partial charge is 0.329 e. The molecule has 2 heterocycles. The Morgan fingerprint density at radius 3 is 2.64 bits per heavy atom. The molecule has 2 fully saturated rings. The highest BCUT2D eigenvalue weighted by molar-refractivity contribution is 7.98. The summed E-state index contributed by atoms with van der Waals surface area (Å²) >= 11 is 1.59. The first kappa shape index (κ1) is 23.1. The fourth-order valence-electron chi connectivity index (χ4n) is 3.92. The van der Waals surface area contributed by atoms with E-state index in [9.17, 15) is 14.4 Å². The molecule has 5 atom stereocenters. The molecule has 2 rings (SSSR count). The number of esters is 1. The minimum Gasteiger partial charge on any atom is -0.451 e. The Kier molecular flexibility index (Phi) is 9.70. The number of Topliss-reactive ketones (excluding diaryl/α,β-unsaturated/α-hetero) is 1. The number of hydrogen-bond donors (Lipinski definition) is 4. The topological polar surface area (TPSA) is 123 Å². The van der Waals surface area contributed by atoms with Gasteiger partial charge in [-0.05, 0) is 56.7 Å². The zero-order chi connectivity index (χ0) is 20.5. The molecule has 0 aromatic heterocycles. The summed E-state index contributed by atoms with van der Waals surface area (Å²) in [6, 6.07) is -1.26. The minimum absolute atomic E-state index is 0.173. The molecule has 0 aromatic carbocycles. The highest BCUT2D eigenvalue weighted by Gasteiger charge is 2.37. The number of ether oxygens (including phenoxy) is 1. The standard InChI is InChI=1S/C19H34N4O4S/c1-3-12-6-9-22-16(12)18(25)23-14(7-10-28-2)19(26)27-17(15(24)11-20)13-5-4-8-21-13/h12-14,16-17,21-22H,3-11,20H2,1-2H3,(H,23,25)/t12-,13?,14?,16-,17?/m0/s1. The van der Waals surface area contributed by atoms with Gasteiger partial charge in [0.1, 0.15) is 6.04 Å². The molecule has 0 saturated carbocycles. The Bertz CT molecular complexity index is 542. The monoisotopic (exact) mass is 414 g/mol. The van der Waals surface area contributed by atoms with E-state index in [1.165, 1.54) is 0 Å². The van der Waals surface area contributed by atoms with Crippen molar-refractivity contribution in [3.05, 3.63) is 0 Å². The van der Waals surface area contributed by atoms with Gasteiger partial charge in [-0.15, -0.1) is 0 Å². The van der Waals surface area contributed by atoms with Crippen molar-refractivity contribution < 1.29 is 19.1 Å². The van der Waals surface area contributed by atoms with Crippen molar-refractivity contribution in [2.75, 3.05) is 31.6 Å². The largest absolute Gasteiger partial charge is 0.451 e. The lowest BCUT2D eigenvalue weighted by atomic mass is 9.97. The Labute approximate surface area is 171 Å². The highest BCUT2D eigenvalue weighted by atomic mass is 32.2. The van der Waals surface area contributed by atoms with Gasteiger partial charge in [-0.2, -0.15) is 11.8 Å². The van der Waals surface area contributed by atoms with E-state index in [0.29, 0.717) is 12.2 Å². The van der Waals surface area contributed by atoms with Crippen LogP contribution in [0.3, 0.4) is 0 Å². The highest BCUT2D eigenvalue weighted by Crippen LogP contribution is 2.20. The summed E-state index contributed by atoms with van der Waals surface area (Å²) in [7, 11) is 0. The normalized spacial score (nSPS) is 26.6. The van der Waals surface area contributed by atoms with Gasteiger partial charge in [-0.25, -0.2) is 4.79 Å². The number of ketones is 1. The average molecular weight is 415 g/mol. The van der Waals surface area contributed by atoms with Crippen molar-refractivity contribution in [1.29, 1.82) is 0 Å². The molecule has 2 saturated heterocycles. The van der Waals surface area contributed by atoms with E-state index in [1.54, 1.807) is 11.8 Å². The van der Waals surface area contributed by atoms with Gasteiger partial charge in [0.15, 0.2) is 11.9 Å². The van der Waals surface area contributed by atoms with Crippen molar-refractivity contribution >= 4 is 29.4 Å². The van der Waals surface area contributed by atoms with E-state index in [-0.39, 0.29) is 36.2 Å². The molecule has 0 spiro atoms. The van der Waals surface area contributed by atoms with Crippen LogP contribution in [0.1, 0.15) is 39.0 Å². The molecule has 0 aromatic rings. The molecular formula is C19H34N4O4S. The molecule has 2 aliphatic rings. The number of thioether (sulfide) groups is 1. The first-order valence-electron chi connectivity index (χ1n) is 10.2. The van der Waals surface area contributed by atoms with Crippen LogP contribution in [0, 0.1) is 5.92 Å². The average Bonchev–Trinajstić information content (AvgIpc) is 3.39. The molecule has 2 aliphatic heterocycles. The van der Waals surface area contributed by atoms with Crippen LogP contribution in [0.2, 0.25) is 0 Å². The number of amides is 1. The van der Waals surface area contributed by atoms with Gasteiger partial charge < -0.3 is 26.4 Å². The van der Waals surface area contributed by atoms with Crippen molar-refractivity contribution in [3.63, 3.8) is 0 Å². The maximum atomic E-state index is 12.9. The first-order chi connectivity index (χ1) is 13.5. The van der Waals surface area contributed by atoms with Crippen molar-refractivity contribution in [1.82, 2.24) is 16.0 Å². The Balaban J connectivity index is 2.04. The third kappa shape index (κ3) is 6.17. The molecule has 9 heteroatoms. The maximum absolute atomic E-state index is 12.9. The molecule has 0 aliphatic carbocycles. The van der Waals surface area contributed by atoms with Gasteiger partial charge in [0.05, 0.1) is 18.6 Å². The van der Waals surface area contributed by atoms with Crippen molar-refractivity contribution in [2.45, 2.75) is 63.3 Å². The summed E-state index contributed by atoms with van der Waals surface area (Å²) in [6.07, 6.45) is 5.04. The van der Waals surface area contributed by atoms with Crippen LogP contribution in [0.5, 0.6) is 0 Å². The number of carbonyl (C=O) groups excluding carboxylic acids is 3. The molecule has 0 radical (unpaired) electrons. The number of nitrogens with two attached hydrogens (primary N) is 1. The van der Waals surface area contributed by atoms with Gasteiger partial charge in [0, 0.05) is 0 Å². The van der Waals surface area contributed by atoms with Crippen LogP contribution in [0.25, 0.3) is 0 Å². The van der Waals surface area contributed by atoms with E-state index < -0.39 is 18.1 Å². The molecule has 28 heavy (non-hydrogen) atoms. The van der Waals surface area contributed by atoms with Gasteiger partial charge in [-0.3, -0.25) is 9.59 Å². The molecule has 0 bridgehead atoms. The number of nitrogens with one attached hydrogen (secondary N) is 3. The van der Waals surface area contributed by atoms with Crippen LogP contribution in [-0.2, 0) is 19.1 Å². The van der Waals surface area contributed by atoms with Crippen LogP contribution in [-0.4, -0.2) is 73.5 Å². The summed E-state index contributed by atoms with van der Waals surface area (Å²) in [5, 5.41) is 9.28. The second kappa shape index (κ2) is 11.7. The molecule has 8 nitrogen and oxygen atoms in total. The summed E-state index contributed by atoms with van der Waals surface area (Å²) in [4.78, 5) is 37.8. The van der Waals surface area contributed by atoms with E-state index in [2.05, 4.69) is 22.9 Å². The second-order valence-electron chi connectivity index (χ2n) is 7.46. The number of rotatable bonds is 11. The predicted octanol–water partition coefficient (Wildman–Crippen LogP) is -0.196. The van der Waals surface area contributed by atoms with Crippen molar-refractivity contribution in [3.8, 4) is 0 Å². The molecule has 3 unspecified atom stereocenters. The number of hydrogen-bond acceptors (Lipinski definition) is 8. The summed E-state index contributed by atoms with van der Waals surface area (Å²) in [6.45, 7) is 3.48. The van der Waals surface area contributed by atoms with Crippen LogP contribution < -0.4 is 21.7 Å². The minimum atomic E-state index is -0.901. The molecule has 160 valence electrons. The lowest BCUT2D eigenvalue weighted by Crippen LogP contribution is -2.53. The Morgan fingerprint density at radius 1 is 1.25 bits per heavy atom. The van der Waals surface area contributed by atoms with Crippen LogP contribution in [0.15, 0.2) is 0 Å². The SMILES string of the molecule is CC[C@H]1CCN[C@@H]1C(=O)NC(CCSC)C(=O)OC(C(=O)CN)C1CCCN1. The summed E-state index contributed by atoms with van der Waals surface area (Å²) in [5.41, 5.74) is 5.52. The Morgan fingerprint density at radius 2 is 2.04 bits per heavy atom. The van der Waals surface area contributed by atoms with E-state index in [0.717, 1.165) is 38.8 Å². The fourth-order valence-corrected chi connectivity index (χ4v) is 4.39. The lowest BCUT2D eigenvalue weighted by molar-refractivity contribution is -0.159. The zero-order valence-corrected chi connectivity index (χ0v) is 17.7. The van der Waals surface area contributed by atoms with Gasteiger partial charge >= 0.3 is 5.97 Å². The van der Waals surface area contributed by atoms with Gasteiger partial charge in [0.25, 0.3) is 0 Å². The zero-order valence-electron chi connectivity index (χ0n) is 16.9. The quantitative estimate of drug-likeness (QED) is 0.343. The fraction of sp³-hybridized carbons (Fsp3) is 0.842. The van der Waals surface area contributed by atoms with Gasteiger partial charge in [0.2, 0.25) is 5.91 Å². The summed E-state index contributed by atoms with van der Waals surface area (Å²) in [5.74, 6) is -0.0632. The first-order valence-corrected chi connectivity index (χ1v) is 11.6. The molecular weight excluding hydrogens is 380 g/mol. The molecule has 5 N–H and O–H groups in total. The number of carbonyl (C=O) groups is 3. The maximum Gasteiger partial charge on any atom is 0.329 e.